The average Bonchev–Trinajstić information content (AvgIpc) is 3.08. The third-order valence-corrected chi connectivity index (χ3v) is 3.98. The van der Waals surface area contributed by atoms with Gasteiger partial charge in [-0.1, -0.05) is 17.3 Å². The first-order valence-corrected chi connectivity index (χ1v) is 7.36. The molecule has 3 aromatic rings. The van der Waals surface area contributed by atoms with Crippen LogP contribution >= 0.6 is 11.3 Å². The topological polar surface area (TPSA) is 75.7 Å². The molecule has 0 saturated carbocycles. The van der Waals surface area contributed by atoms with Crippen LogP contribution in [0.25, 0.3) is 21.5 Å². The molecule has 0 radical (unpaired) electrons. The molecule has 0 fully saturated rings. The molecular weight excluding hydrogens is 290 g/mol. The number of fused-ring (bicyclic) bond motifs is 1. The van der Waals surface area contributed by atoms with Crippen molar-refractivity contribution in [2.24, 2.45) is 0 Å². The molecule has 3 rings (SSSR count). The molecule has 0 amide bonds. The van der Waals surface area contributed by atoms with Crippen LogP contribution in [-0.4, -0.2) is 34.2 Å². The van der Waals surface area contributed by atoms with Crippen LogP contribution in [0.2, 0.25) is 0 Å². The molecule has 0 bridgehead atoms. The minimum absolute atomic E-state index is 0.0141. The zero-order valence-electron chi connectivity index (χ0n) is 11.4. The Kier molecular flexibility index (Phi) is 3.67. The summed E-state index contributed by atoms with van der Waals surface area (Å²) in [6.45, 7) is 1.18. The summed E-state index contributed by atoms with van der Waals surface area (Å²) in [5.41, 5.74) is 1.17. The summed E-state index contributed by atoms with van der Waals surface area (Å²) < 4.78 is 11.8. The second-order valence-corrected chi connectivity index (χ2v) is 6.03. The van der Waals surface area contributed by atoms with Crippen molar-refractivity contribution in [3.8, 4) is 17.0 Å². The normalized spacial score (nSPS) is 14.2. The third kappa shape index (κ3) is 2.92. The van der Waals surface area contributed by atoms with Crippen LogP contribution in [0.1, 0.15) is 6.92 Å². The van der Waals surface area contributed by atoms with Crippen molar-refractivity contribution in [2.45, 2.75) is 12.5 Å². The van der Waals surface area contributed by atoms with Gasteiger partial charge in [-0.25, -0.2) is 0 Å². The van der Waals surface area contributed by atoms with Crippen molar-refractivity contribution in [3.05, 3.63) is 35.7 Å². The predicted octanol–water partition coefficient (Wildman–Crippen LogP) is 2.68. The number of aliphatic hydroxyl groups is 2. The number of aromatic nitrogens is 1. The molecule has 0 aliphatic rings. The highest BCUT2D eigenvalue weighted by atomic mass is 32.1. The molecule has 0 unspecified atom stereocenters. The second kappa shape index (κ2) is 5.48. The summed E-state index contributed by atoms with van der Waals surface area (Å²) in [5.74, 6) is 0.605. The summed E-state index contributed by atoms with van der Waals surface area (Å²) in [7, 11) is 0. The van der Waals surface area contributed by atoms with Gasteiger partial charge in [-0.3, -0.25) is 0 Å². The number of benzene rings is 1. The molecule has 1 atom stereocenters. The maximum atomic E-state index is 9.75. The Labute approximate surface area is 125 Å². The number of hydrogen-bond donors (Lipinski definition) is 2. The van der Waals surface area contributed by atoms with Crippen molar-refractivity contribution in [1.82, 2.24) is 5.16 Å². The van der Waals surface area contributed by atoms with Crippen LogP contribution in [-0.2, 0) is 0 Å². The quantitative estimate of drug-likeness (QED) is 0.758. The lowest BCUT2D eigenvalue weighted by Crippen LogP contribution is -2.36. The Morgan fingerprint density at radius 3 is 3.05 bits per heavy atom. The predicted molar refractivity (Wildman–Crippen MR) is 80.5 cm³/mol. The summed E-state index contributed by atoms with van der Waals surface area (Å²) in [5, 5.41) is 24.8. The van der Waals surface area contributed by atoms with Crippen LogP contribution in [0.3, 0.4) is 0 Å². The average molecular weight is 305 g/mol. The van der Waals surface area contributed by atoms with Gasteiger partial charge in [0.25, 0.3) is 0 Å². The van der Waals surface area contributed by atoms with Gasteiger partial charge < -0.3 is 19.5 Å². The lowest BCUT2D eigenvalue weighted by molar-refractivity contribution is -0.0324. The van der Waals surface area contributed by atoms with E-state index in [4.69, 9.17) is 14.4 Å². The number of ether oxygens (including phenoxy) is 1. The molecule has 5 nitrogen and oxygen atoms in total. The molecule has 2 N–H and O–H groups in total. The largest absolute Gasteiger partial charge is 0.490 e. The summed E-state index contributed by atoms with van der Waals surface area (Å²) >= 11 is 1.57. The van der Waals surface area contributed by atoms with Crippen molar-refractivity contribution < 1.29 is 19.5 Å². The lowest BCUT2D eigenvalue weighted by Gasteiger charge is -2.20. The van der Waals surface area contributed by atoms with Gasteiger partial charge in [0, 0.05) is 5.56 Å². The zero-order valence-corrected chi connectivity index (χ0v) is 12.3. The second-order valence-electron chi connectivity index (χ2n) is 5.12. The van der Waals surface area contributed by atoms with Gasteiger partial charge in [0.2, 0.25) is 0 Å². The van der Waals surface area contributed by atoms with Crippen LogP contribution in [0.4, 0.5) is 0 Å². The van der Waals surface area contributed by atoms with E-state index in [9.17, 15) is 5.11 Å². The van der Waals surface area contributed by atoms with Gasteiger partial charge in [0.15, 0.2) is 5.58 Å². The fourth-order valence-electron chi connectivity index (χ4n) is 1.88. The molecular formula is C15H15NO4S. The number of nitrogens with zero attached hydrogens (tertiary/aromatic N) is 1. The molecule has 0 aliphatic carbocycles. The Morgan fingerprint density at radius 2 is 2.24 bits per heavy atom. The highest BCUT2D eigenvalue weighted by Gasteiger charge is 2.20. The van der Waals surface area contributed by atoms with Gasteiger partial charge in [-0.15, -0.1) is 11.3 Å². The standard InChI is InChI=1S/C15H15NO4S/c1-15(18,8-17)9-19-11-4-2-3-10(7-11)13-14-12(20-16-13)5-6-21-14/h2-7,17-18H,8-9H2,1H3/t15-/m0/s1. The number of hydrogen-bond acceptors (Lipinski definition) is 6. The lowest BCUT2D eigenvalue weighted by atomic mass is 10.1. The van der Waals surface area contributed by atoms with Crippen LogP contribution in [0, 0.1) is 0 Å². The molecule has 0 saturated heterocycles. The highest BCUT2D eigenvalue weighted by Crippen LogP contribution is 2.33. The summed E-state index contributed by atoms with van der Waals surface area (Å²) in [4.78, 5) is 0. The van der Waals surface area contributed by atoms with Crippen LogP contribution < -0.4 is 4.74 Å². The highest BCUT2D eigenvalue weighted by molar-refractivity contribution is 7.17. The fraction of sp³-hybridized carbons (Fsp3) is 0.267. The number of rotatable bonds is 5. The Hall–Kier alpha value is -1.89. The van der Waals surface area contributed by atoms with E-state index in [1.54, 1.807) is 17.4 Å². The van der Waals surface area contributed by atoms with E-state index in [-0.39, 0.29) is 13.2 Å². The smallest absolute Gasteiger partial charge is 0.178 e. The summed E-state index contributed by atoms with van der Waals surface area (Å²) in [6, 6.07) is 9.29. The van der Waals surface area contributed by atoms with Gasteiger partial charge in [-0.05, 0) is 30.5 Å². The van der Waals surface area contributed by atoms with E-state index >= 15 is 0 Å². The van der Waals surface area contributed by atoms with E-state index in [2.05, 4.69) is 5.16 Å². The molecule has 6 heteroatoms. The first kappa shape index (κ1) is 14.1. The van der Waals surface area contributed by atoms with Gasteiger partial charge in [0.1, 0.15) is 28.4 Å². The van der Waals surface area contributed by atoms with Crippen molar-refractivity contribution in [2.75, 3.05) is 13.2 Å². The first-order chi connectivity index (χ1) is 10.1. The maximum absolute atomic E-state index is 9.75. The van der Waals surface area contributed by atoms with Crippen LogP contribution in [0.5, 0.6) is 5.75 Å². The van der Waals surface area contributed by atoms with E-state index in [0.29, 0.717) is 5.75 Å². The molecule has 110 valence electrons. The minimum Gasteiger partial charge on any atom is -0.490 e. The van der Waals surface area contributed by atoms with E-state index in [1.165, 1.54) is 6.92 Å². The fourth-order valence-corrected chi connectivity index (χ4v) is 2.70. The molecule has 0 spiro atoms. The van der Waals surface area contributed by atoms with E-state index in [0.717, 1.165) is 21.5 Å². The summed E-state index contributed by atoms with van der Waals surface area (Å²) in [6.07, 6.45) is 0. The Balaban J connectivity index is 1.85. The maximum Gasteiger partial charge on any atom is 0.178 e. The zero-order chi connectivity index (χ0) is 14.9. The first-order valence-electron chi connectivity index (χ1n) is 6.48. The number of thiophene rings is 1. The monoisotopic (exact) mass is 305 g/mol. The molecule has 2 heterocycles. The van der Waals surface area contributed by atoms with Gasteiger partial charge >= 0.3 is 0 Å². The minimum atomic E-state index is -1.26. The SMILES string of the molecule is C[C@](O)(CO)COc1cccc(-c2noc3ccsc23)c1. The van der Waals surface area contributed by atoms with Crippen molar-refractivity contribution >= 4 is 21.6 Å². The van der Waals surface area contributed by atoms with Crippen LogP contribution in [0.15, 0.2) is 40.2 Å². The van der Waals surface area contributed by atoms with Gasteiger partial charge in [0.05, 0.1) is 6.61 Å². The Bertz CT molecular complexity index is 747. The molecule has 2 aromatic heterocycles. The van der Waals surface area contributed by atoms with E-state index < -0.39 is 5.60 Å². The third-order valence-electron chi connectivity index (χ3n) is 3.08. The van der Waals surface area contributed by atoms with Crippen molar-refractivity contribution in [3.63, 3.8) is 0 Å². The molecule has 0 aliphatic heterocycles. The van der Waals surface area contributed by atoms with Crippen molar-refractivity contribution in [1.29, 1.82) is 0 Å². The van der Waals surface area contributed by atoms with Gasteiger partial charge in [-0.2, -0.15) is 0 Å². The number of aliphatic hydroxyl groups excluding tert-OH is 1. The van der Waals surface area contributed by atoms with E-state index in [1.807, 2.05) is 29.6 Å². The molecule has 1 aromatic carbocycles. The molecule has 21 heavy (non-hydrogen) atoms. The Morgan fingerprint density at radius 1 is 1.38 bits per heavy atom.